The van der Waals surface area contributed by atoms with Crippen molar-refractivity contribution in [3.8, 4) is 0 Å². The Bertz CT molecular complexity index is 657. The lowest BCUT2D eigenvalue weighted by Gasteiger charge is -2.12. The quantitative estimate of drug-likeness (QED) is 0.854. The van der Waals surface area contributed by atoms with Gasteiger partial charge in [0.1, 0.15) is 4.90 Å². The highest BCUT2D eigenvalue weighted by molar-refractivity contribution is 7.89. The third kappa shape index (κ3) is 3.55. The minimum atomic E-state index is -3.48. The van der Waals surface area contributed by atoms with Crippen molar-refractivity contribution in [2.24, 2.45) is 0 Å². The summed E-state index contributed by atoms with van der Waals surface area (Å²) >= 11 is 0. The molecule has 20 heavy (non-hydrogen) atoms. The summed E-state index contributed by atoms with van der Waals surface area (Å²) in [6.07, 6.45) is 1.71. The molecule has 1 aromatic carbocycles. The van der Waals surface area contributed by atoms with Crippen LogP contribution in [0.5, 0.6) is 0 Å². The van der Waals surface area contributed by atoms with Crippen LogP contribution in [0.15, 0.2) is 53.6 Å². The van der Waals surface area contributed by atoms with Gasteiger partial charge in [0.2, 0.25) is 10.0 Å². The van der Waals surface area contributed by atoms with Crippen molar-refractivity contribution in [3.05, 3.63) is 54.4 Å². The molecule has 1 heterocycles. The zero-order valence-corrected chi connectivity index (χ0v) is 12.0. The van der Waals surface area contributed by atoms with E-state index in [9.17, 15) is 8.42 Å². The van der Waals surface area contributed by atoms with Crippen LogP contribution in [0.1, 0.15) is 12.6 Å². The monoisotopic (exact) mass is 291 g/mol. The van der Waals surface area contributed by atoms with E-state index >= 15 is 0 Å². The van der Waals surface area contributed by atoms with Gasteiger partial charge in [0.15, 0.2) is 0 Å². The van der Waals surface area contributed by atoms with Crippen LogP contribution in [-0.4, -0.2) is 19.9 Å². The molecule has 0 unspecified atom stereocenters. The summed E-state index contributed by atoms with van der Waals surface area (Å²) in [7, 11) is -3.48. The maximum Gasteiger partial charge on any atom is 0.242 e. The molecule has 0 fully saturated rings. The molecule has 0 saturated carbocycles. The van der Waals surface area contributed by atoms with Gasteiger partial charge in [-0.25, -0.2) is 13.1 Å². The molecule has 0 aliphatic carbocycles. The van der Waals surface area contributed by atoms with Crippen molar-refractivity contribution in [3.63, 3.8) is 0 Å². The number of aromatic nitrogens is 1. The number of nitrogens with zero attached hydrogens (tertiary/aromatic N) is 1. The SMILES string of the molecule is CCNS(=O)(=O)c1ccccc1NCc1ccccn1. The lowest BCUT2D eigenvalue weighted by molar-refractivity contribution is 0.584. The van der Waals surface area contributed by atoms with Gasteiger partial charge < -0.3 is 5.32 Å². The third-order valence-electron chi connectivity index (χ3n) is 2.70. The molecule has 2 N–H and O–H groups in total. The zero-order valence-electron chi connectivity index (χ0n) is 11.2. The first-order valence-electron chi connectivity index (χ1n) is 6.36. The summed E-state index contributed by atoms with van der Waals surface area (Å²) in [5, 5.41) is 3.11. The molecular weight excluding hydrogens is 274 g/mol. The van der Waals surface area contributed by atoms with Crippen LogP contribution in [0, 0.1) is 0 Å². The van der Waals surface area contributed by atoms with Crippen LogP contribution < -0.4 is 10.0 Å². The standard InChI is InChI=1S/C14H17N3O2S/c1-2-17-20(18,19)14-9-4-3-8-13(14)16-11-12-7-5-6-10-15-12/h3-10,16-17H,2,11H2,1H3. The van der Waals surface area contributed by atoms with E-state index in [1.54, 1.807) is 37.4 Å². The van der Waals surface area contributed by atoms with Crippen molar-refractivity contribution in [2.75, 3.05) is 11.9 Å². The lowest BCUT2D eigenvalue weighted by atomic mass is 10.3. The smallest absolute Gasteiger partial charge is 0.242 e. The van der Waals surface area contributed by atoms with Crippen LogP contribution in [0.3, 0.4) is 0 Å². The lowest BCUT2D eigenvalue weighted by Crippen LogP contribution is -2.24. The van der Waals surface area contributed by atoms with Gasteiger partial charge in [0.25, 0.3) is 0 Å². The second-order valence-corrected chi connectivity index (χ2v) is 5.91. The molecule has 0 amide bonds. The van der Waals surface area contributed by atoms with Gasteiger partial charge in [-0.1, -0.05) is 25.1 Å². The predicted octanol–water partition coefficient (Wildman–Crippen LogP) is 1.99. The van der Waals surface area contributed by atoms with Gasteiger partial charge in [-0.3, -0.25) is 4.98 Å². The van der Waals surface area contributed by atoms with Crippen LogP contribution >= 0.6 is 0 Å². The number of hydrogen-bond acceptors (Lipinski definition) is 4. The number of benzene rings is 1. The molecule has 2 aromatic rings. The Labute approximate surface area is 119 Å². The molecule has 0 atom stereocenters. The summed E-state index contributed by atoms with van der Waals surface area (Å²) < 4.78 is 26.7. The molecule has 5 nitrogen and oxygen atoms in total. The molecule has 106 valence electrons. The van der Waals surface area contributed by atoms with Crippen molar-refractivity contribution in [1.29, 1.82) is 0 Å². The zero-order chi connectivity index (χ0) is 14.4. The molecule has 6 heteroatoms. The Balaban J connectivity index is 2.21. The van der Waals surface area contributed by atoms with E-state index in [0.29, 0.717) is 18.8 Å². The largest absolute Gasteiger partial charge is 0.378 e. The van der Waals surface area contributed by atoms with Gasteiger partial charge in [0, 0.05) is 12.7 Å². The molecule has 0 bridgehead atoms. The Hall–Kier alpha value is -1.92. The maximum absolute atomic E-state index is 12.1. The Kier molecular flexibility index (Phi) is 4.70. The number of anilines is 1. The van der Waals surface area contributed by atoms with Gasteiger partial charge >= 0.3 is 0 Å². The van der Waals surface area contributed by atoms with Crippen molar-refractivity contribution < 1.29 is 8.42 Å². The first-order valence-corrected chi connectivity index (χ1v) is 7.84. The van der Waals surface area contributed by atoms with Gasteiger partial charge in [-0.2, -0.15) is 0 Å². The highest BCUT2D eigenvalue weighted by Crippen LogP contribution is 2.20. The van der Waals surface area contributed by atoms with Crippen LogP contribution in [0.25, 0.3) is 0 Å². The second-order valence-electron chi connectivity index (χ2n) is 4.17. The maximum atomic E-state index is 12.1. The molecule has 2 rings (SSSR count). The summed E-state index contributed by atoms with van der Waals surface area (Å²) in [6.45, 7) is 2.58. The fraction of sp³-hybridized carbons (Fsp3) is 0.214. The van der Waals surface area contributed by atoms with Gasteiger partial charge in [-0.05, 0) is 24.3 Å². The number of sulfonamides is 1. The van der Waals surface area contributed by atoms with E-state index in [2.05, 4.69) is 15.0 Å². The molecule has 0 radical (unpaired) electrons. The third-order valence-corrected chi connectivity index (χ3v) is 4.30. The number of hydrogen-bond donors (Lipinski definition) is 2. The molecule has 0 spiro atoms. The Morgan fingerprint density at radius 2 is 1.85 bits per heavy atom. The summed E-state index contributed by atoms with van der Waals surface area (Å²) in [5.41, 5.74) is 1.42. The van der Waals surface area contributed by atoms with E-state index < -0.39 is 10.0 Å². The summed E-state index contributed by atoms with van der Waals surface area (Å²) in [5.74, 6) is 0. The van der Waals surface area contributed by atoms with E-state index in [1.165, 1.54) is 0 Å². The van der Waals surface area contributed by atoms with Crippen molar-refractivity contribution in [1.82, 2.24) is 9.71 Å². The summed E-state index contributed by atoms with van der Waals surface area (Å²) in [6, 6.07) is 12.4. The highest BCUT2D eigenvalue weighted by Gasteiger charge is 2.16. The molecule has 0 aliphatic heterocycles. The second kappa shape index (κ2) is 6.49. The summed E-state index contributed by atoms with van der Waals surface area (Å²) in [4.78, 5) is 4.44. The van der Waals surface area contributed by atoms with Crippen molar-refractivity contribution >= 4 is 15.7 Å². The average Bonchev–Trinajstić information content (AvgIpc) is 2.46. The van der Waals surface area contributed by atoms with Gasteiger partial charge in [-0.15, -0.1) is 0 Å². The number of para-hydroxylation sites is 1. The fourth-order valence-corrected chi connectivity index (χ4v) is 3.03. The topological polar surface area (TPSA) is 71.1 Å². The number of pyridine rings is 1. The van der Waals surface area contributed by atoms with Crippen molar-refractivity contribution in [2.45, 2.75) is 18.4 Å². The molecule has 0 aliphatic rings. The normalized spacial score (nSPS) is 11.2. The predicted molar refractivity (Wildman–Crippen MR) is 78.9 cm³/mol. The molecule has 0 saturated heterocycles. The Morgan fingerprint density at radius 3 is 2.55 bits per heavy atom. The number of nitrogens with one attached hydrogen (secondary N) is 2. The highest BCUT2D eigenvalue weighted by atomic mass is 32.2. The minimum Gasteiger partial charge on any atom is -0.378 e. The molecular formula is C14H17N3O2S. The van der Waals surface area contributed by atoms with Crippen LogP contribution in [-0.2, 0) is 16.6 Å². The van der Waals surface area contributed by atoms with Gasteiger partial charge in [0.05, 0.1) is 17.9 Å². The first-order chi connectivity index (χ1) is 9.63. The van der Waals surface area contributed by atoms with E-state index in [1.807, 2.05) is 18.2 Å². The van der Waals surface area contributed by atoms with Crippen LogP contribution in [0.2, 0.25) is 0 Å². The van der Waals surface area contributed by atoms with Crippen LogP contribution in [0.4, 0.5) is 5.69 Å². The molecule has 1 aromatic heterocycles. The van der Waals surface area contributed by atoms with E-state index in [-0.39, 0.29) is 4.90 Å². The van der Waals surface area contributed by atoms with E-state index in [4.69, 9.17) is 0 Å². The fourth-order valence-electron chi connectivity index (χ4n) is 1.80. The Morgan fingerprint density at radius 1 is 1.10 bits per heavy atom. The average molecular weight is 291 g/mol. The minimum absolute atomic E-state index is 0.248. The first kappa shape index (κ1) is 14.5. The number of rotatable bonds is 6. The van der Waals surface area contributed by atoms with E-state index in [0.717, 1.165) is 5.69 Å².